The number of carboxylic acids is 2. The van der Waals surface area contributed by atoms with Gasteiger partial charge in [0, 0.05) is 11.8 Å². The Labute approximate surface area is 236 Å². The minimum absolute atomic E-state index is 0.112. The van der Waals surface area contributed by atoms with E-state index >= 15 is 0 Å². The average Bonchev–Trinajstić information content (AvgIpc) is 2.89. The van der Waals surface area contributed by atoms with Gasteiger partial charge in [-0.1, -0.05) is 117 Å². The molecular weight excluding hydrogens is 598 g/mol. The highest BCUT2D eigenvalue weighted by Crippen LogP contribution is 2.22. The molecule has 2 aromatic carbocycles. The lowest BCUT2D eigenvalue weighted by atomic mass is 9.94. The van der Waals surface area contributed by atoms with Crippen molar-refractivity contribution < 1.29 is 19.8 Å². The Kier molecular flexibility index (Phi) is 33.6. The maximum atomic E-state index is 11.1. The second-order valence-electron chi connectivity index (χ2n) is 6.63. The van der Waals surface area contributed by atoms with E-state index in [1.54, 1.807) is 12.1 Å². The molecule has 2 rings (SSSR count). The van der Waals surface area contributed by atoms with Crippen LogP contribution in [0.4, 0.5) is 0 Å². The molecule has 4 nitrogen and oxygen atoms in total. The molecule has 7 heteroatoms. The molecule has 2 aromatic rings. The van der Waals surface area contributed by atoms with E-state index in [9.17, 15) is 9.59 Å². The zero-order valence-corrected chi connectivity index (χ0v) is 25.2. The number of aliphatic carboxylic acids is 2. The first-order valence-electron chi connectivity index (χ1n) is 12.2. The summed E-state index contributed by atoms with van der Waals surface area (Å²) in [6.45, 7) is 8.00. The largest absolute Gasteiger partial charge is 0.481 e. The minimum atomic E-state index is -0.786. The molecule has 0 saturated carbocycles. The SMILES string of the molecule is CC.CC.ClCCCCI.O=C(O)C(CCCCCl)c1ccccc1.O=C(O)Cc1ccccc1. The van der Waals surface area contributed by atoms with Gasteiger partial charge in [-0.3, -0.25) is 9.59 Å². The lowest BCUT2D eigenvalue weighted by Crippen LogP contribution is -2.11. The molecule has 0 heterocycles. The predicted octanol–water partition coefficient (Wildman–Crippen LogP) is 9.07. The van der Waals surface area contributed by atoms with Crippen LogP contribution in [0.3, 0.4) is 0 Å². The number of alkyl halides is 3. The number of benzene rings is 2. The first-order valence-corrected chi connectivity index (χ1v) is 14.8. The van der Waals surface area contributed by atoms with Crippen molar-refractivity contribution in [1.82, 2.24) is 0 Å². The van der Waals surface area contributed by atoms with E-state index < -0.39 is 17.9 Å². The van der Waals surface area contributed by atoms with Crippen molar-refractivity contribution in [3.63, 3.8) is 0 Å². The molecule has 2 N–H and O–H groups in total. The van der Waals surface area contributed by atoms with Gasteiger partial charge in [0.15, 0.2) is 0 Å². The number of hydrogen-bond donors (Lipinski definition) is 2. The quantitative estimate of drug-likeness (QED) is 0.146. The molecule has 1 atom stereocenters. The molecule has 0 spiro atoms. The summed E-state index contributed by atoms with van der Waals surface area (Å²) in [6, 6.07) is 18.5. The van der Waals surface area contributed by atoms with Crippen LogP contribution in [-0.4, -0.2) is 38.3 Å². The summed E-state index contributed by atoms with van der Waals surface area (Å²) in [5.74, 6) is -0.513. The molecule has 0 saturated heterocycles. The summed E-state index contributed by atoms with van der Waals surface area (Å²) in [5, 5.41) is 17.5. The van der Waals surface area contributed by atoms with Crippen LogP contribution >= 0.6 is 45.8 Å². The number of halogens is 3. The summed E-state index contributed by atoms with van der Waals surface area (Å²) in [7, 11) is 0. The number of unbranched alkanes of at least 4 members (excludes halogenated alkanes) is 2. The smallest absolute Gasteiger partial charge is 0.310 e. The third kappa shape index (κ3) is 25.6. The van der Waals surface area contributed by atoms with Crippen molar-refractivity contribution in [3.05, 3.63) is 71.8 Å². The third-order valence-electron chi connectivity index (χ3n) is 4.09. The van der Waals surface area contributed by atoms with Gasteiger partial charge in [0.1, 0.15) is 0 Å². The van der Waals surface area contributed by atoms with Gasteiger partial charge in [-0.15, -0.1) is 23.2 Å². The van der Waals surface area contributed by atoms with Crippen molar-refractivity contribution in [2.75, 3.05) is 16.2 Å². The van der Waals surface area contributed by atoms with E-state index in [-0.39, 0.29) is 6.42 Å². The fourth-order valence-corrected chi connectivity index (χ4v) is 3.44. The number of carboxylic acid groups (broad SMARTS) is 2. The Morgan fingerprint density at radius 2 is 1.23 bits per heavy atom. The van der Waals surface area contributed by atoms with Crippen LogP contribution in [0.5, 0.6) is 0 Å². The molecule has 0 bridgehead atoms. The minimum Gasteiger partial charge on any atom is -0.481 e. The predicted molar refractivity (Wildman–Crippen MR) is 161 cm³/mol. The lowest BCUT2D eigenvalue weighted by Gasteiger charge is -2.11. The molecule has 0 aliphatic carbocycles. The fraction of sp³-hybridized carbons (Fsp3) is 0.500. The maximum absolute atomic E-state index is 11.1. The zero-order valence-electron chi connectivity index (χ0n) is 21.6. The first kappa shape index (κ1) is 38.2. The highest BCUT2D eigenvalue weighted by atomic mass is 127. The van der Waals surface area contributed by atoms with Crippen molar-refractivity contribution in [1.29, 1.82) is 0 Å². The maximum Gasteiger partial charge on any atom is 0.310 e. The topological polar surface area (TPSA) is 74.6 Å². The van der Waals surface area contributed by atoms with E-state index in [4.69, 9.17) is 33.4 Å². The Morgan fingerprint density at radius 1 is 0.771 bits per heavy atom. The second-order valence-corrected chi connectivity index (χ2v) is 8.46. The van der Waals surface area contributed by atoms with Gasteiger partial charge in [0.05, 0.1) is 12.3 Å². The Hall–Kier alpha value is -1.31. The van der Waals surface area contributed by atoms with Crippen LogP contribution in [0.1, 0.15) is 76.8 Å². The van der Waals surface area contributed by atoms with Crippen molar-refractivity contribution in [2.45, 2.75) is 72.1 Å². The van der Waals surface area contributed by atoms with Gasteiger partial charge in [-0.2, -0.15) is 0 Å². The van der Waals surface area contributed by atoms with Gasteiger partial charge in [-0.05, 0) is 41.2 Å². The van der Waals surface area contributed by atoms with Crippen molar-refractivity contribution >= 4 is 57.7 Å². The van der Waals surface area contributed by atoms with E-state index in [0.717, 1.165) is 29.8 Å². The number of hydrogen-bond acceptors (Lipinski definition) is 2. The molecule has 0 aliphatic heterocycles. The van der Waals surface area contributed by atoms with Gasteiger partial charge in [-0.25, -0.2) is 0 Å². The summed E-state index contributed by atoms with van der Waals surface area (Å²) in [4.78, 5) is 21.2. The second kappa shape index (κ2) is 30.7. The van der Waals surface area contributed by atoms with E-state index in [2.05, 4.69) is 22.6 Å². The van der Waals surface area contributed by atoms with Gasteiger partial charge in [0.25, 0.3) is 0 Å². The molecule has 1 unspecified atom stereocenters. The fourth-order valence-electron chi connectivity index (χ4n) is 2.52. The van der Waals surface area contributed by atoms with Crippen LogP contribution in [0.15, 0.2) is 60.7 Å². The molecule has 0 aromatic heterocycles. The van der Waals surface area contributed by atoms with Crippen molar-refractivity contribution in [2.24, 2.45) is 0 Å². The van der Waals surface area contributed by atoms with Crippen LogP contribution in [0, 0.1) is 0 Å². The summed E-state index contributed by atoms with van der Waals surface area (Å²) in [6.07, 6.45) is 4.94. The van der Waals surface area contributed by atoms with Crippen LogP contribution in [-0.2, 0) is 16.0 Å². The number of rotatable bonds is 11. The standard InChI is InChI=1S/C12H15ClO2.C8H8O2.C4H8ClI.2C2H6/c13-9-5-4-8-11(12(14)15)10-6-2-1-3-7-10;9-8(10)6-7-4-2-1-3-5-7;5-3-1-2-4-6;2*1-2/h1-3,6-7,11H,4-5,8-9H2,(H,14,15);1-5H,6H2,(H,9,10);1-4H2;2*1-2H3. The van der Waals surface area contributed by atoms with Crippen LogP contribution < -0.4 is 0 Å². The first-order chi connectivity index (χ1) is 17.0. The summed E-state index contributed by atoms with van der Waals surface area (Å²) in [5.41, 5.74) is 1.72. The summed E-state index contributed by atoms with van der Waals surface area (Å²) < 4.78 is 1.24. The lowest BCUT2D eigenvalue weighted by molar-refractivity contribution is -0.139. The van der Waals surface area contributed by atoms with Crippen LogP contribution in [0.25, 0.3) is 0 Å². The highest BCUT2D eigenvalue weighted by molar-refractivity contribution is 14.1. The van der Waals surface area contributed by atoms with E-state index in [0.29, 0.717) is 12.3 Å². The zero-order chi connectivity index (χ0) is 27.3. The van der Waals surface area contributed by atoms with Gasteiger partial charge < -0.3 is 10.2 Å². The van der Waals surface area contributed by atoms with Crippen molar-refractivity contribution in [3.8, 4) is 0 Å². The van der Waals surface area contributed by atoms with E-state index in [1.807, 2.05) is 76.2 Å². The third-order valence-corrected chi connectivity index (χ3v) is 5.39. The molecular formula is C28H43Cl2IO4. The molecule has 0 radical (unpaired) electrons. The highest BCUT2D eigenvalue weighted by Gasteiger charge is 2.18. The molecule has 0 fully saturated rings. The molecule has 0 amide bonds. The summed E-state index contributed by atoms with van der Waals surface area (Å²) >= 11 is 13.3. The van der Waals surface area contributed by atoms with E-state index in [1.165, 1.54) is 17.3 Å². The average molecular weight is 641 g/mol. The molecule has 200 valence electrons. The molecule has 0 aliphatic rings. The van der Waals surface area contributed by atoms with Crippen LogP contribution in [0.2, 0.25) is 0 Å². The monoisotopic (exact) mass is 640 g/mol. The number of carbonyl (C=O) groups is 2. The Bertz CT molecular complexity index is 697. The molecule has 35 heavy (non-hydrogen) atoms. The van der Waals surface area contributed by atoms with Gasteiger partial charge >= 0.3 is 11.9 Å². The normalized spacial score (nSPS) is 9.80. The Morgan fingerprint density at radius 3 is 1.60 bits per heavy atom. The Balaban J connectivity index is -0.000000443. The van der Waals surface area contributed by atoms with Gasteiger partial charge in [0.2, 0.25) is 0 Å².